The molecule has 1 atom stereocenters. The molecule has 0 aliphatic rings. The first-order valence-corrected chi connectivity index (χ1v) is 7.94. The van der Waals surface area contributed by atoms with Crippen LogP contribution in [0.1, 0.15) is 33.1 Å². The van der Waals surface area contributed by atoms with Crippen molar-refractivity contribution in [2.24, 2.45) is 0 Å². The minimum atomic E-state index is -0.856. The molecule has 4 heteroatoms. The average Bonchev–Trinajstić information content (AvgIpc) is 2.49. The van der Waals surface area contributed by atoms with Gasteiger partial charge >= 0.3 is 0 Å². The molecule has 0 aromatic heterocycles. The van der Waals surface area contributed by atoms with Crippen molar-refractivity contribution >= 4 is 17.1 Å². The number of unbranched alkanes of at least 4 members (excludes halogenated alkanes) is 1. The van der Waals surface area contributed by atoms with Gasteiger partial charge in [0.1, 0.15) is 6.23 Å². The molecule has 116 valence electrons. The second-order valence-electron chi connectivity index (χ2n) is 4.22. The quantitative estimate of drug-likeness (QED) is 0.276. The standard InChI is InChI=1S/C17H25NO2S/c1-4-7-10-11-14-16(19)21-18-17(20)15(12-8-5-2)13-9-6-3/h4,7-8,10-14,17-18,20H,1,5-6,9H2,2-3H3/b10-7-,12-8-,14-11+,15-13+. The van der Waals surface area contributed by atoms with Crippen molar-refractivity contribution in [3.63, 3.8) is 0 Å². The molecule has 3 nitrogen and oxygen atoms in total. The zero-order valence-corrected chi connectivity index (χ0v) is 13.6. The summed E-state index contributed by atoms with van der Waals surface area (Å²) in [4.78, 5) is 11.6. The highest BCUT2D eigenvalue weighted by atomic mass is 32.2. The van der Waals surface area contributed by atoms with Gasteiger partial charge in [-0.2, -0.15) is 0 Å². The predicted molar refractivity (Wildman–Crippen MR) is 92.6 cm³/mol. The summed E-state index contributed by atoms with van der Waals surface area (Å²) in [5, 5.41) is 9.90. The molecule has 0 rings (SSSR count). The molecule has 0 spiro atoms. The van der Waals surface area contributed by atoms with Crippen molar-refractivity contribution in [1.82, 2.24) is 4.72 Å². The van der Waals surface area contributed by atoms with E-state index in [2.05, 4.69) is 18.2 Å². The lowest BCUT2D eigenvalue weighted by Gasteiger charge is -2.12. The number of nitrogens with one attached hydrogen (secondary N) is 1. The van der Waals surface area contributed by atoms with Crippen molar-refractivity contribution < 1.29 is 9.90 Å². The highest BCUT2D eigenvalue weighted by Gasteiger charge is 2.09. The minimum absolute atomic E-state index is 0.169. The number of hydrogen-bond acceptors (Lipinski definition) is 4. The van der Waals surface area contributed by atoms with Gasteiger partial charge in [0.2, 0.25) is 5.12 Å². The van der Waals surface area contributed by atoms with Crippen LogP contribution in [0.25, 0.3) is 0 Å². The van der Waals surface area contributed by atoms with Gasteiger partial charge in [-0.25, -0.2) is 4.72 Å². The van der Waals surface area contributed by atoms with Crippen LogP contribution in [-0.4, -0.2) is 16.4 Å². The normalized spacial score (nSPS) is 14.3. The van der Waals surface area contributed by atoms with Gasteiger partial charge in [-0.05, 0) is 24.5 Å². The van der Waals surface area contributed by atoms with Crippen LogP contribution in [-0.2, 0) is 4.79 Å². The number of hydrogen-bond donors (Lipinski definition) is 2. The van der Waals surface area contributed by atoms with Gasteiger partial charge in [-0.1, -0.05) is 69.4 Å². The van der Waals surface area contributed by atoms with Gasteiger partial charge in [0.15, 0.2) is 0 Å². The first-order valence-electron chi connectivity index (χ1n) is 7.12. The maximum Gasteiger partial charge on any atom is 0.227 e. The van der Waals surface area contributed by atoms with E-state index >= 15 is 0 Å². The molecule has 0 aromatic carbocycles. The Labute approximate surface area is 132 Å². The maximum absolute atomic E-state index is 11.6. The highest BCUT2D eigenvalue weighted by Crippen LogP contribution is 2.10. The van der Waals surface area contributed by atoms with Crippen LogP contribution in [0.5, 0.6) is 0 Å². The van der Waals surface area contributed by atoms with E-state index in [4.69, 9.17) is 0 Å². The molecule has 0 amide bonds. The second kappa shape index (κ2) is 13.6. The Kier molecular flexibility index (Phi) is 12.7. The van der Waals surface area contributed by atoms with E-state index < -0.39 is 6.23 Å². The number of allylic oxidation sites excluding steroid dienone is 6. The third-order valence-electron chi connectivity index (χ3n) is 2.39. The molecule has 0 aliphatic carbocycles. The van der Waals surface area contributed by atoms with Crippen LogP contribution in [0.2, 0.25) is 0 Å². The van der Waals surface area contributed by atoms with Crippen molar-refractivity contribution in [3.8, 4) is 0 Å². The van der Waals surface area contributed by atoms with Gasteiger partial charge in [-0.3, -0.25) is 4.79 Å². The number of aliphatic hydroxyl groups excluding tert-OH is 1. The van der Waals surface area contributed by atoms with Gasteiger partial charge in [0.05, 0.1) is 0 Å². The molecule has 2 N–H and O–H groups in total. The van der Waals surface area contributed by atoms with Crippen LogP contribution in [0.15, 0.2) is 60.8 Å². The lowest BCUT2D eigenvalue weighted by atomic mass is 10.1. The van der Waals surface area contributed by atoms with E-state index in [1.165, 1.54) is 6.08 Å². The number of carbonyl (C=O) groups is 1. The number of rotatable bonds is 10. The van der Waals surface area contributed by atoms with E-state index in [-0.39, 0.29) is 5.12 Å². The van der Waals surface area contributed by atoms with Crippen LogP contribution >= 0.6 is 11.9 Å². The second-order valence-corrected chi connectivity index (χ2v) is 5.07. The third kappa shape index (κ3) is 11.0. The van der Waals surface area contributed by atoms with E-state index in [0.717, 1.165) is 36.8 Å². The summed E-state index contributed by atoms with van der Waals surface area (Å²) >= 11 is 0.878. The molecule has 0 aromatic rings. The van der Waals surface area contributed by atoms with Crippen LogP contribution in [0.3, 0.4) is 0 Å². The van der Waals surface area contributed by atoms with Crippen LogP contribution in [0, 0.1) is 0 Å². The number of aliphatic hydroxyl groups is 1. The van der Waals surface area contributed by atoms with Gasteiger partial charge in [0, 0.05) is 11.9 Å². The van der Waals surface area contributed by atoms with E-state index in [1.54, 1.807) is 24.3 Å². The molecule has 0 fully saturated rings. The summed E-state index contributed by atoms with van der Waals surface area (Å²) in [5.41, 5.74) is 0.787. The van der Waals surface area contributed by atoms with Gasteiger partial charge < -0.3 is 5.11 Å². The average molecular weight is 307 g/mol. The molecule has 0 aliphatic heterocycles. The highest BCUT2D eigenvalue weighted by molar-refractivity contribution is 8.12. The Hall–Kier alpha value is -1.36. The zero-order valence-electron chi connectivity index (χ0n) is 12.8. The van der Waals surface area contributed by atoms with Crippen molar-refractivity contribution in [2.45, 2.75) is 39.3 Å². The summed E-state index contributed by atoms with van der Waals surface area (Å²) < 4.78 is 2.75. The fraction of sp³-hybridized carbons (Fsp3) is 0.353. The predicted octanol–water partition coefficient (Wildman–Crippen LogP) is 4.06. The van der Waals surface area contributed by atoms with Crippen LogP contribution < -0.4 is 4.72 Å². The molecular formula is C17H25NO2S. The Morgan fingerprint density at radius 1 is 1.29 bits per heavy atom. The lowest BCUT2D eigenvalue weighted by Crippen LogP contribution is -2.25. The molecular weight excluding hydrogens is 282 g/mol. The van der Waals surface area contributed by atoms with Crippen molar-refractivity contribution in [3.05, 3.63) is 60.8 Å². The van der Waals surface area contributed by atoms with Crippen molar-refractivity contribution in [2.75, 3.05) is 0 Å². The van der Waals surface area contributed by atoms with Crippen LogP contribution in [0.4, 0.5) is 0 Å². The first-order chi connectivity index (χ1) is 10.2. The minimum Gasteiger partial charge on any atom is -0.373 e. The summed E-state index contributed by atoms with van der Waals surface area (Å²) in [6, 6.07) is 0. The fourth-order valence-corrected chi connectivity index (χ4v) is 1.84. The molecule has 0 radical (unpaired) electrons. The Morgan fingerprint density at radius 3 is 2.67 bits per heavy atom. The van der Waals surface area contributed by atoms with E-state index in [1.807, 2.05) is 25.2 Å². The summed E-state index contributed by atoms with van der Waals surface area (Å²) in [7, 11) is 0. The lowest BCUT2D eigenvalue weighted by molar-refractivity contribution is -0.107. The summed E-state index contributed by atoms with van der Waals surface area (Å²) in [6.45, 7) is 7.65. The van der Waals surface area contributed by atoms with Crippen molar-refractivity contribution in [1.29, 1.82) is 0 Å². The molecule has 0 heterocycles. The maximum atomic E-state index is 11.6. The molecule has 1 unspecified atom stereocenters. The van der Waals surface area contributed by atoms with E-state index in [9.17, 15) is 9.90 Å². The Balaban J connectivity index is 4.41. The number of carbonyl (C=O) groups excluding carboxylic acids is 1. The van der Waals surface area contributed by atoms with Gasteiger partial charge in [-0.15, -0.1) is 0 Å². The first kappa shape index (κ1) is 19.6. The SMILES string of the molecule is C=C/C=C\C=C\C(=O)SNC(O)C(/C=C\CC)=C/CCC. The fourth-order valence-electron chi connectivity index (χ4n) is 1.33. The monoisotopic (exact) mass is 307 g/mol. The van der Waals surface area contributed by atoms with Gasteiger partial charge in [0.25, 0.3) is 0 Å². The summed E-state index contributed by atoms with van der Waals surface area (Å²) in [6.07, 6.45) is 16.0. The zero-order chi connectivity index (χ0) is 15.9. The third-order valence-corrected chi connectivity index (χ3v) is 3.07. The molecule has 0 saturated carbocycles. The smallest absolute Gasteiger partial charge is 0.227 e. The molecule has 21 heavy (non-hydrogen) atoms. The topological polar surface area (TPSA) is 49.3 Å². The van der Waals surface area contributed by atoms with E-state index in [0.29, 0.717) is 0 Å². The summed E-state index contributed by atoms with van der Waals surface area (Å²) in [5.74, 6) is 0. The molecule has 0 saturated heterocycles. The molecule has 0 bridgehead atoms. The Morgan fingerprint density at radius 2 is 2.05 bits per heavy atom. The Bertz CT molecular complexity index is 423. The largest absolute Gasteiger partial charge is 0.373 e.